The molecule has 0 bridgehead atoms. The second-order valence-corrected chi connectivity index (χ2v) is 3.94. The molecule has 0 atom stereocenters. The van der Waals surface area contributed by atoms with Crippen LogP contribution in [0.4, 0.5) is 0 Å². The number of rotatable bonds is 4. The molecule has 1 aliphatic carbocycles. The molecule has 0 spiro atoms. The largest absolute Gasteiger partial charge is 0.395 e. The summed E-state index contributed by atoms with van der Waals surface area (Å²) in [5.41, 5.74) is -1.46. The smallest absolute Gasteiger partial charge is 0.325 e. The van der Waals surface area contributed by atoms with Crippen molar-refractivity contribution < 1.29 is 9.90 Å². The standard InChI is InChI=1S/C10H13N3O4/c14-4-3-13(6-1-2-6)9(16)7-5-11-10(17)12-8(7)15/h5-6,14H,1-4H2,(H2,11,12,15,17). The van der Waals surface area contributed by atoms with Gasteiger partial charge >= 0.3 is 5.69 Å². The van der Waals surface area contributed by atoms with Crippen molar-refractivity contribution in [3.05, 3.63) is 32.6 Å². The molecule has 0 aliphatic heterocycles. The van der Waals surface area contributed by atoms with Crippen LogP contribution < -0.4 is 11.2 Å². The van der Waals surface area contributed by atoms with Crippen molar-refractivity contribution >= 4 is 5.91 Å². The second kappa shape index (κ2) is 4.54. The van der Waals surface area contributed by atoms with Gasteiger partial charge in [0.25, 0.3) is 11.5 Å². The Bertz CT molecular complexity index is 529. The zero-order valence-electron chi connectivity index (χ0n) is 9.10. The third kappa shape index (κ3) is 2.44. The maximum absolute atomic E-state index is 12.0. The highest BCUT2D eigenvalue weighted by Gasteiger charge is 2.33. The monoisotopic (exact) mass is 239 g/mol. The van der Waals surface area contributed by atoms with E-state index in [0.717, 1.165) is 19.0 Å². The SMILES string of the molecule is O=C(c1c[nH]c(=O)[nH]c1=O)N(CCO)C1CC1. The van der Waals surface area contributed by atoms with Gasteiger partial charge in [-0.05, 0) is 12.8 Å². The molecule has 1 fully saturated rings. The van der Waals surface area contributed by atoms with E-state index in [2.05, 4.69) is 4.98 Å². The van der Waals surface area contributed by atoms with Crippen molar-refractivity contribution in [1.82, 2.24) is 14.9 Å². The molecule has 17 heavy (non-hydrogen) atoms. The Labute approximate surface area is 96.1 Å². The summed E-state index contributed by atoms with van der Waals surface area (Å²) in [7, 11) is 0. The van der Waals surface area contributed by atoms with Crippen LogP contribution in [-0.2, 0) is 0 Å². The van der Waals surface area contributed by atoms with Crippen LogP contribution in [0.2, 0.25) is 0 Å². The highest BCUT2D eigenvalue weighted by Crippen LogP contribution is 2.27. The molecule has 1 aromatic rings. The minimum atomic E-state index is -0.706. The van der Waals surface area contributed by atoms with Crippen molar-refractivity contribution in [3.63, 3.8) is 0 Å². The molecule has 92 valence electrons. The number of aromatic nitrogens is 2. The molecule has 1 saturated carbocycles. The second-order valence-electron chi connectivity index (χ2n) is 3.94. The minimum absolute atomic E-state index is 0.0981. The number of hydrogen-bond donors (Lipinski definition) is 3. The molecule has 1 amide bonds. The highest BCUT2D eigenvalue weighted by atomic mass is 16.3. The van der Waals surface area contributed by atoms with E-state index in [4.69, 9.17) is 5.11 Å². The van der Waals surface area contributed by atoms with Gasteiger partial charge in [-0.3, -0.25) is 14.6 Å². The summed E-state index contributed by atoms with van der Waals surface area (Å²) >= 11 is 0. The van der Waals surface area contributed by atoms with Crippen molar-refractivity contribution in [3.8, 4) is 0 Å². The van der Waals surface area contributed by atoms with E-state index in [1.165, 1.54) is 4.90 Å². The molecular formula is C10H13N3O4. The van der Waals surface area contributed by atoms with Crippen LogP contribution in [0.5, 0.6) is 0 Å². The van der Waals surface area contributed by atoms with Crippen LogP contribution in [0.1, 0.15) is 23.2 Å². The number of hydrogen-bond acceptors (Lipinski definition) is 4. The minimum Gasteiger partial charge on any atom is -0.395 e. The molecule has 7 nitrogen and oxygen atoms in total. The number of H-pyrrole nitrogens is 2. The van der Waals surface area contributed by atoms with E-state index in [-0.39, 0.29) is 24.8 Å². The molecule has 0 aromatic carbocycles. The van der Waals surface area contributed by atoms with Gasteiger partial charge in [-0.25, -0.2) is 4.79 Å². The van der Waals surface area contributed by atoms with Crippen LogP contribution in [0.15, 0.2) is 15.8 Å². The molecule has 3 N–H and O–H groups in total. The lowest BCUT2D eigenvalue weighted by Gasteiger charge is -2.20. The summed E-state index contributed by atoms with van der Waals surface area (Å²) in [5.74, 6) is -0.459. The summed E-state index contributed by atoms with van der Waals surface area (Å²) in [6, 6.07) is 0.0981. The van der Waals surface area contributed by atoms with Gasteiger partial charge in [0.05, 0.1) is 6.61 Å². The Morgan fingerprint density at radius 2 is 2.18 bits per heavy atom. The van der Waals surface area contributed by atoms with Crippen molar-refractivity contribution in [1.29, 1.82) is 0 Å². The van der Waals surface area contributed by atoms with Crippen molar-refractivity contribution in [2.75, 3.05) is 13.2 Å². The molecular weight excluding hydrogens is 226 g/mol. The normalized spacial score (nSPS) is 14.6. The number of aliphatic hydroxyl groups excluding tert-OH is 1. The fraction of sp³-hybridized carbons (Fsp3) is 0.500. The van der Waals surface area contributed by atoms with Crippen LogP contribution >= 0.6 is 0 Å². The maximum Gasteiger partial charge on any atom is 0.325 e. The predicted molar refractivity (Wildman–Crippen MR) is 58.8 cm³/mol. The Hall–Kier alpha value is -1.89. The molecule has 7 heteroatoms. The van der Waals surface area contributed by atoms with Gasteiger partial charge in [0.1, 0.15) is 5.56 Å². The fourth-order valence-electron chi connectivity index (χ4n) is 1.67. The number of carbonyl (C=O) groups excluding carboxylic acids is 1. The quantitative estimate of drug-likeness (QED) is 0.604. The van der Waals surface area contributed by atoms with E-state index in [1.54, 1.807) is 0 Å². The number of amides is 1. The molecule has 2 rings (SSSR count). The van der Waals surface area contributed by atoms with Gasteiger partial charge in [-0.2, -0.15) is 0 Å². The van der Waals surface area contributed by atoms with Crippen LogP contribution in [0.3, 0.4) is 0 Å². The summed E-state index contributed by atoms with van der Waals surface area (Å²) < 4.78 is 0. The zero-order valence-corrected chi connectivity index (χ0v) is 9.10. The predicted octanol–water partition coefficient (Wildman–Crippen LogP) is -1.34. The highest BCUT2D eigenvalue weighted by molar-refractivity contribution is 5.93. The van der Waals surface area contributed by atoms with E-state index in [0.29, 0.717) is 0 Å². The summed E-state index contributed by atoms with van der Waals surface area (Å²) in [4.78, 5) is 40.0. The summed E-state index contributed by atoms with van der Waals surface area (Å²) in [6.07, 6.45) is 2.87. The van der Waals surface area contributed by atoms with Crippen molar-refractivity contribution in [2.45, 2.75) is 18.9 Å². The van der Waals surface area contributed by atoms with Crippen LogP contribution in [0.25, 0.3) is 0 Å². The van der Waals surface area contributed by atoms with Gasteiger partial charge in [-0.1, -0.05) is 0 Å². The molecule has 1 heterocycles. The third-order valence-electron chi connectivity index (χ3n) is 2.64. The summed E-state index contributed by atoms with van der Waals surface area (Å²) in [6.45, 7) is 0.0472. The van der Waals surface area contributed by atoms with Crippen LogP contribution in [-0.4, -0.2) is 45.1 Å². The maximum atomic E-state index is 12.0. The fourth-order valence-corrected chi connectivity index (χ4v) is 1.67. The molecule has 0 unspecified atom stereocenters. The van der Waals surface area contributed by atoms with E-state index >= 15 is 0 Å². The van der Waals surface area contributed by atoms with Gasteiger partial charge in [-0.15, -0.1) is 0 Å². The third-order valence-corrected chi connectivity index (χ3v) is 2.64. The lowest BCUT2D eigenvalue weighted by molar-refractivity contribution is 0.0705. The molecule has 1 aromatic heterocycles. The molecule has 0 saturated heterocycles. The van der Waals surface area contributed by atoms with Gasteiger partial charge in [0.15, 0.2) is 0 Å². The topological polar surface area (TPSA) is 106 Å². The van der Waals surface area contributed by atoms with Crippen molar-refractivity contribution in [2.24, 2.45) is 0 Å². The number of carbonyl (C=O) groups is 1. The molecule has 1 aliphatic rings. The number of nitrogens with zero attached hydrogens (tertiary/aromatic N) is 1. The number of aromatic amines is 2. The Morgan fingerprint density at radius 3 is 2.71 bits per heavy atom. The first kappa shape index (κ1) is 11.6. The lowest BCUT2D eigenvalue weighted by Crippen LogP contribution is -2.39. The van der Waals surface area contributed by atoms with Gasteiger partial charge in [0.2, 0.25) is 0 Å². The van der Waals surface area contributed by atoms with E-state index in [9.17, 15) is 14.4 Å². The Morgan fingerprint density at radius 1 is 1.47 bits per heavy atom. The van der Waals surface area contributed by atoms with E-state index < -0.39 is 17.2 Å². The Kier molecular flexibility index (Phi) is 3.10. The Balaban J connectivity index is 2.28. The number of aliphatic hydroxyl groups is 1. The first-order valence-electron chi connectivity index (χ1n) is 5.37. The number of nitrogens with one attached hydrogen (secondary N) is 2. The van der Waals surface area contributed by atoms with Gasteiger partial charge < -0.3 is 15.0 Å². The van der Waals surface area contributed by atoms with Gasteiger partial charge in [0, 0.05) is 18.8 Å². The first-order valence-corrected chi connectivity index (χ1v) is 5.37. The zero-order chi connectivity index (χ0) is 12.4. The average molecular weight is 239 g/mol. The van der Waals surface area contributed by atoms with Crippen LogP contribution in [0, 0.1) is 0 Å². The summed E-state index contributed by atoms with van der Waals surface area (Å²) in [5, 5.41) is 8.88. The van der Waals surface area contributed by atoms with E-state index in [1.807, 2.05) is 4.98 Å². The molecule has 0 radical (unpaired) electrons. The average Bonchev–Trinajstić information content (AvgIpc) is 3.09. The first-order chi connectivity index (χ1) is 8.13. The lowest BCUT2D eigenvalue weighted by atomic mass is 10.3.